The van der Waals surface area contributed by atoms with Crippen molar-refractivity contribution in [3.63, 3.8) is 0 Å². The molecule has 0 radical (unpaired) electrons. The number of benzene rings is 1. The Labute approximate surface area is 122 Å². The molecule has 0 aliphatic rings. The molecular formula is C13H19N3O5. The maximum Gasteiger partial charge on any atom is 0.299 e. The number of rotatable bonds is 10. The first-order valence-corrected chi connectivity index (χ1v) is 6.80. The summed E-state index contributed by atoms with van der Waals surface area (Å²) in [4.78, 5) is 20.3. The summed E-state index contributed by atoms with van der Waals surface area (Å²) < 4.78 is 5.38. The van der Waals surface area contributed by atoms with Crippen molar-refractivity contribution in [1.29, 1.82) is 0 Å². The summed E-state index contributed by atoms with van der Waals surface area (Å²) in [5.74, 6) is 0. The van der Waals surface area contributed by atoms with Gasteiger partial charge in [0, 0.05) is 25.8 Å². The molecule has 0 fully saturated rings. The highest BCUT2D eigenvalue weighted by atomic mass is 16.6. The summed E-state index contributed by atoms with van der Waals surface area (Å²) in [7, 11) is 0. The Hall–Kier alpha value is -2.22. The van der Waals surface area contributed by atoms with Crippen molar-refractivity contribution in [3.8, 4) is 0 Å². The number of nitrogens with zero attached hydrogens (tertiary/aromatic N) is 2. The van der Waals surface area contributed by atoms with Crippen molar-refractivity contribution in [2.45, 2.75) is 26.2 Å². The molecule has 1 rings (SSSR count). The number of hydrogen-bond acceptors (Lipinski definition) is 6. The molecule has 0 amide bonds. The Kier molecular flexibility index (Phi) is 7.10. The van der Waals surface area contributed by atoms with Crippen LogP contribution in [0.4, 0.5) is 17.1 Å². The van der Waals surface area contributed by atoms with E-state index in [-0.39, 0.29) is 17.1 Å². The van der Waals surface area contributed by atoms with Crippen LogP contribution in [0.2, 0.25) is 0 Å². The van der Waals surface area contributed by atoms with Crippen LogP contribution < -0.4 is 5.32 Å². The third kappa shape index (κ3) is 5.74. The highest BCUT2D eigenvalue weighted by Crippen LogP contribution is 2.28. The molecule has 0 spiro atoms. The molecule has 0 heterocycles. The van der Waals surface area contributed by atoms with Gasteiger partial charge in [0.25, 0.3) is 11.4 Å². The number of ether oxygens (including phenoxy) is 1. The zero-order valence-corrected chi connectivity index (χ0v) is 11.9. The highest BCUT2D eigenvalue weighted by Gasteiger charge is 2.18. The molecule has 0 saturated carbocycles. The van der Waals surface area contributed by atoms with Gasteiger partial charge in [-0.3, -0.25) is 20.2 Å². The summed E-state index contributed by atoms with van der Waals surface area (Å²) >= 11 is 0. The zero-order valence-electron chi connectivity index (χ0n) is 11.9. The summed E-state index contributed by atoms with van der Waals surface area (Å²) in [6.45, 7) is 3.88. The van der Waals surface area contributed by atoms with Gasteiger partial charge in [0.05, 0.1) is 15.9 Å². The number of non-ortho nitro benzene ring substituents is 1. The van der Waals surface area contributed by atoms with Gasteiger partial charge in [0.2, 0.25) is 0 Å². The van der Waals surface area contributed by atoms with E-state index in [2.05, 4.69) is 12.2 Å². The fraction of sp³-hybridized carbons (Fsp3) is 0.538. The van der Waals surface area contributed by atoms with Crippen LogP contribution in [0, 0.1) is 20.2 Å². The van der Waals surface area contributed by atoms with E-state index in [1.54, 1.807) is 0 Å². The summed E-state index contributed by atoms with van der Waals surface area (Å²) in [6, 6.07) is 3.56. The van der Waals surface area contributed by atoms with E-state index in [0.29, 0.717) is 26.2 Å². The molecule has 0 atom stereocenters. The van der Waals surface area contributed by atoms with Crippen LogP contribution in [0.1, 0.15) is 26.2 Å². The summed E-state index contributed by atoms with van der Waals surface area (Å²) in [5, 5.41) is 24.4. The molecule has 0 aromatic heterocycles. The molecule has 8 heteroatoms. The maximum absolute atomic E-state index is 10.9. The minimum absolute atomic E-state index is 0.277. The Bertz CT molecular complexity index is 493. The molecule has 1 N–H and O–H groups in total. The van der Waals surface area contributed by atoms with Crippen LogP contribution >= 0.6 is 0 Å². The van der Waals surface area contributed by atoms with Gasteiger partial charge < -0.3 is 10.1 Å². The Balaban J connectivity index is 2.51. The molecule has 1 aromatic rings. The number of nitro benzene ring substituents is 2. The van der Waals surface area contributed by atoms with Crippen molar-refractivity contribution in [1.82, 2.24) is 0 Å². The average molecular weight is 297 g/mol. The fourth-order valence-electron chi connectivity index (χ4n) is 1.68. The van der Waals surface area contributed by atoms with Crippen molar-refractivity contribution in [2.75, 3.05) is 25.1 Å². The number of nitro groups is 2. The van der Waals surface area contributed by atoms with Crippen LogP contribution in [0.5, 0.6) is 0 Å². The predicted molar refractivity (Wildman–Crippen MR) is 78.6 cm³/mol. The third-order valence-corrected chi connectivity index (χ3v) is 2.81. The van der Waals surface area contributed by atoms with Crippen LogP contribution in [0.15, 0.2) is 18.2 Å². The molecule has 0 aliphatic carbocycles. The smallest absolute Gasteiger partial charge is 0.299 e. The second-order valence-electron chi connectivity index (χ2n) is 4.46. The van der Waals surface area contributed by atoms with E-state index >= 15 is 0 Å². The van der Waals surface area contributed by atoms with Crippen molar-refractivity contribution in [3.05, 3.63) is 38.4 Å². The molecular weight excluding hydrogens is 278 g/mol. The molecule has 0 aliphatic heterocycles. The van der Waals surface area contributed by atoms with Crippen LogP contribution in [-0.2, 0) is 4.74 Å². The van der Waals surface area contributed by atoms with Gasteiger partial charge >= 0.3 is 0 Å². The molecule has 21 heavy (non-hydrogen) atoms. The topological polar surface area (TPSA) is 108 Å². The molecule has 116 valence electrons. The average Bonchev–Trinajstić information content (AvgIpc) is 2.46. The van der Waals surface area contributed by atoms with Gasteiger partial charge in [0.15, 0.2) is 0 Å². The van der Waals surface area contributed by atoms with Gasteiger partial charge in [-0.05, 0) is 18.9 Å². The van der Waals surface area contributed by atoms with E-state index in [1.807, 2.05) is 0 Å². The third-order valence-electron chi connectivity index (χ3n) is 2.81. The van der Waals surface area contributed by atoms with Crippen LogP contribution in [0.25, 0.3) is 0 Å². The van der Waals surface area contributed by atoms with E-state index in [4.69, 9.17) is 4.74 Å². The predicted octanol–water partition coefficient (Wildman–Crippen LogP) is 3.12. The Morgan fingerprint density at radius 3 is 2.48 bits per heavy atom. The highest BCUT2D eigenvalue weighted by molar-refractivity contribution is 5.65. The summed E-state index contributed by atoms with van der Waals surface area (Å²) in [6.07, 6.45) is 2.80. The van der Waals surface area contributed by atoms with Gasteiger partial charge in [-0.15, -0.1) is 0 Å². The summed E-state index contributed by atoms with van der Waals surface area (Å²) in [5.41, 5.74) is -0.314. The lowest BCUT2D eigenvalue weighted by Gasteiger charge is -2.07. The van der Waals surface area contributed by atoms with Crippen molar-refractivity contribution >= 4 is 17.1 Å². The lowest BCUT2D eigenvalue weighted by atomic mass is 10.2. The SMILES string of the molecule is CCCCOCCCNc1ccc([N+](=O)[O-])cc1[N+](=O)[O-]. The van der Waals surface area contributed by atoms with Gasteiger partial charge in [-0.25, -0.2) is 0 Å². The molecule has 0 bridgehead atoms. The van der Waals surface area contributed by atoms with Gasteiger partial charge in [-0.2, -0.15) is 0 Å². The minimum Gasteiger partial charge on any atom is -0.381 e. The second kappa shape index (κ2) is 8.85. The van der Waals surface area contributed by atoms with E-state index in [1.165, 1.54) is 12.1 Å². The zero-order chi connectivity index (χ0) is 15.7. The fourth-order valence-corrected chi connectivity index (χ4v) is 1.68. The lowest BCUT2D eigenvalue weighted by Crippen LogP contribution is -2.08. The first kappa shape index (κ1) is 16.8. The van der Waals surface area contributed by atoms with Crippen LogP contribution in [0.3, 0.4) is 0 Å². The number of unbranched alkanes of at least 4 members (excludes halogenated alkanes) is 1. The molecule has 1 aromatic carbocycles. The van der Waals surface area contributed by atoms with E-state index < -0.39 is 9.85 Å². The van der Waals surface area contributed by atoms with Gasteiger partial charge in [-0.1, -0.05) is 13.3 Å². The normalized spacial score (nSPS) is 10.3. The van der Waals surface area contributed by atoms with Gasteiger partial charge in [0.1, 0.15) is 5.69 Å². The molecule has 0 saturated heterocycles. The first-order chi connectivity index (χ1) is 10.1. The molecule has 8 nitrogen and oxygen atoms in total. The van der Waals surface area contributed by atoms with Crippen molar-refractivity contribution < 1.29 is 14.6 Å². The number of hydrogen-bond donors (Lipinski definition) is 1. The van der Waals surface area contributed by atoms with E-state index in [9.17, 15) is 20.2 Å². The first-order valence-electron chi connectivity index (χ1n) is 6.80. The molecule has 0 unspecified atom stereocenters. The minimum atomic E-state index is -0.654. The lowest BCUT2D eigenvalue weighted by molar-refractivity contribution is -0.393. The second-order valence-corrected chi connectivity index (χ2v) is 4.46. The maximum atomic E-state index is 10.9. The Morgan fingerprint density at radius 1 is 1.14 bits per heavy atom. The quantitative estimate of drug-likeness (QED) is 0.404. The monoisotopic (exact) mass is 297 g/mol. The largest absolute Gasteiger partial charge is 0.381 e. The van der Waals surface area contributed by atoms with Crippen LogP contribution in [-0.4, -0.2) is 29.6 Å². The number of anilines is 1. The van der Waals surface area contributed by atoms with Crippen molar-refractivity contribution in [2.24, 2.45) is 0 Å². The number of nitrogens with one attached hydrogen (secondary N) is 1. The Morgan fingerprint density at radius 2 is 1.86 bits per heavy atom. The van der Waals surface area contributed by atoms with E-state index in [0.717, 1.165) is 18.9 Å². The standard InChI is InChI=1S/C13H19N3O5/c1-2-3-8-21-9-4-7-14-12-6-5-11(15(17)18)10-13(12)16(19)20/h5-6,10,14H,2-4,7-9H2,1H3.